The van der Waals surface area contributed by atoms with Crippen LogP contribution in [0.25, 0.3) is 16.9 Å². The van der Waals surface area contributed by atoms with Crippen molar-refractivity contribution >= 4 is 11.4 Å². The lowest BCUT2D eigenvalue weighted by Crippen LogP contribution is -2.50. The van der Waals surface area contributed by atoms with Crippen LogP contribution < -0.4 is 5.56 Å². The van der Waals surface area contributed by atoms with E-state index in [-0.39, 0.29) is 24.1 Å². The van der Waals surface area contributed by atoms with Crippen LogP contribution in [0.15, 0.2) is 60.0 Å². The number of fused-ring (bicyclic) bond motifs is 1. The fourth-order valence-electron chi connectivity index (χ4n) is 4.60. The summed E-state index contributed by atoms with van der Waals surface area (Å²) in [4.78, 5) is 32.1. The molecule has 1 N–H and O–H groups in total. The standard InChI is InChI=1S/C25H29N7O3/c1-18-4-6-20(7-5-18)23-26-15-21-24(34)30(17-28-32(21)23)16-25(35)8-12-29(13-9-25)22(33)14-19(2)31-11-3-10-27-31/h3-7,10-11,15,17,19,35H,8-9,12-14,16H2,1-2H3. The average molecular weight is 476 g/mol. The monoisotopic (exact) mass is 475 g/mol. The Morgan fingerprint density at radius 1 is 1.17 bits per heavy atom. The first kappa shape index (κ1) is 23.0. The molecule has 10 nitrogen and oxygen atoms in total. The summed E-state index contributed by atoms with van der Waals surface area (Å²) >= 11 is 0. The zero-order chi connectivity index (χ0) is 24.6. The molecule has 0 spiro atoms. The number of imidazole rings is 1. The van der Waals surface area contributed by atoms with Gasteiger partial charge in [-0.25, -0.2) is 9.50 Å². The molecule has 0 bridgehead atoms. The number of likely N-dealkylation sites (tertiary alicyclic amines) is 1. The molecular formula is C25H29N7O3. The van der Waals surface area contributed by atoms with Crippen molar-refractivity contribution in [2.45, 2.75) is 51.3 Å². The third kappa shape index (κ3) is 4.61. The molecular weight excluding hydrogens is 446 g/mol. The van der Waals surface area contributed by atoms with Gasteiger partial charge in [0, 0.05) is 37.5 Å². The number of benzene rings is 1. The molecule has 3 aromatic heterocycles. The zero-order valence-electron chi connectivity index (χ0n) is 19.9. The fourth-order valence-corrected chi connectivity index (χ4v) is 4.60. The number of hydrogen-bond donors (Lipinski definition) is 1. The molecule has 1 fully saturated rings. The summed E-state index contributed by atoms with van der Waals surface area (Å²) in [7, 11) is 0. The number of aliphatic hydroxyl groups is 1. The van der Waals surface area contributed by atoms with Crippen molar-refractivity contribution in [1.82, 2.24) is 33.8 Å². The van der Waals surface area contributed by atoms with Gasteiger partial charge < -0.3 is 10.0 Å². The molecule has 4 heterocycles. The summed E-state index contributed by atoms with van der Waals surface area (Å²) in [5.74, 6) is 0.636. The average Bonchev–Trinajstić information content (AvgIpc) is 3.53. The van der Waals surface area contributed by atoms with Crippen LogP contribution in [-0.2, 0) is 11.3 Å². The Hall–Kier alpha value is -3.79. The summed E-state index contributed by atoms with van der Waals surface area (Å²) in [5, 5.41) is 19.8. The highest BCUT2D eigenvalue weighted by molar-refractivity contribution is 5.76. The Labute approximate surface area is 202 Å². The van der Waals surface area contributed by atoms with E-state index in [2.05, 4.69) is 15.2 Å². The normalized spacial score (nSPS) is 16.5. The number of amides is 1. The Morgan fingerprint density at radius 2 is 1.91 bits per heavy atom. The molecule has 0 radical (unpaired) electrons. The van der Waals surface area contributed by atoms with Crippen molar-refractivity contribution in [1.29, 1.82) is 0 Å². The number of nitrogens with zero attached hydrogens (tertiary/aromatic N) is 7. The van der Waals surface area contributed by atoms with Gasteiger partial charge in [-0.2, -0.15) is 10.2 Å². The van der Waals surface area contributed by atoms with E-state index >= 15 is 0 Å². The highest BCUT2D eigenvalue weighted by Crippen LogP contribution is 2.25. The fraction of sp³-hybridized carbons (Fsp3) is 0.400. The van der Waals surface area contributed by atoms with E-state index < -0.39 is 5.60 Å². The van der Waals surface area contributed by atoms with Crippen LogP contribution in [0.1, 0.15) is 37.8 Å². The highest BCUT2D eigenvalue weighted by atomic mass is 16.3. The maximum atomic E-state index is 13.1. The molecule has 1 aliphatic heterocycles. The molecule has 0 saturated carbocycles. The minimum absolute atomic E-state index is 0.0323. The second-order valence-electron chi connectivity index (χ2n) is 9.45. The van der Waals surface area contributed by atoms with Crippen molar-refractivity contribution in [2.24, 2.45) is 0 Å². The Bertz CT molecular complexity index is 1380. The molecule has 1 amide bonds. The van der Waals surface area contributed by atoms with Gasteiger partial charge in [-0.15, -0.1) is 0 Å². The molecule has 182 valence electrons. The minimum Gasteiger partial charge on any atom is -0.388 e. The van der Waals surface area contributed by atoms with Gasteiger partial charge in [-0.3, -0.25) is 18.8 Å². The van der Waals surface area contributed by atoms with Gasteiger partial charge in [0.1, 0.15) is 6.33 Å². The van der Waals surface area contributed by atoms with Gasteiger partial charge in [0.05, 0.1) is 24.4 Å². The summed E-state index contributed by atoms with van der Waals surface area (Å²) < 4.78 is 4.75. The van der Waals surface area contributed by atoms with Gasteiger partial charge in [0.15, 0.2) is 11.3 Å². The predicted molar refractivity (Wildman–Crippen MR) is 130 cm³/mol. The molecule has 0 aliphatic carbocycles. The molecule has 1 unspecified atom stereocenters. The SMILES string of the molecule is Cc1ccc(-c2ncc3c(=O)n(CC4(O)CCN(C(=O)CC(C)n5cccn5)CC4)cnn23)cc1. The lowest BCUT2D eigenvalue weighted by atomic mass is 9.91. The number of aromatic nitrogens is 6. The Morgan fingerprint density at radius 3 is 2.60 bits per heavy atom. The molecule has 1 saturated heterocycles. The van der Waals surface area contributed by atoms with Crippen LogP contribution in [0.5, 0.6) is 0 Å². The quantitative estimate of drug-likeness (QED) is 0.457. The predicted octanol–water partition coefficient (Wildman–Crippen LogP) is 2.07. The molecule has 4 aromatic rings. The molecule has 10 heteroatoms. The van der Waals surface area contributed by atoms with Crippen LogP contribution in [0.4, 0.5) is 0 Å². The molecule has 1 aliphatic rings. The number of piperidine rings is 1. The van der Waals surface area contributed by atoms with Crippen molar-refractivity contribution in [3.8, 4) is 11.4 Å². The van der Waals surface area contributed by atoms with Crippen LogP contribution in [-0.4, -0.2) is 63.5 Å². The Balaban J connectivity index is 1.26. The lowest BCUT2D eigenvalue weighted by Gasteiger charge is -2.38. The topological polar surface area (TPSA) is 111 Å². The number of rotatable bonds is 6. The zero-order valence-corrected chi connectivity index (χ0v) is 19.9. The number of carbonyl (C=O) groups is 1. The maximum Gasteiger partial charge on any atom is 0.279 e. The highest BCUT2D eigenvalue weighted by Gasteiger charge is 2.35. The van der Waals surface area contributed by atoms with Gasteiger partial charge in [0.25, 0.3) is 5.56 Å². The lowest BCUT2D eigenvalue weighted by molar-refractivity contribution is -0.136. The van der Waals surface area contributed by atoms with Crippen LogP contribution in [0.2, 0.25) is 0 Å². The van der Waals surface area contributed by atoms with Crippen molar-refractivity contribution in [3.63, 3.8) is 0 Å². The van der Waals surface area contributed by atoms with E-state index in [0.717, 1.165) is 11.1 Å². The molecule has 35 heavy (non-hydrogen) atoms. The summed E-state index contributed by atoms with van der Waals surface area (Å²) in [6.07, 6.45) is 7.65. The number of hydrogen-bond acceptors (Lipinski definition) is 6. The third-order valence-electron chi connectivity index (χ3n) is 6.79. The van der Waals surface area contributed by atoms with Crippen LogP contribution >= 0.6 is 0 Å². The summed E-state index contributed by atoms with van der Waals surface area (Å²) in [6, 6.07) is 9.68. The summed E-state index contributed by atoms with van der Waals surface area (Å²) in [5.41, 5.74) is 1.02. The van der Waals surface area contributed by atoms with Crippen molar-refractivity contribution in [2.75, 3.05) is 13.1 Å². The minimum atomic E-state index is -1.09. The first-order chi connectivity index (χ1) is 16.8. The summed E-state index contributed by atoms with van der Waals surface area (Å²) in [6.45, 7) is 4.97. The van der Waals surface area contributed by atoms with Gasteiger partial charge in [-0.1, -0.05) is 29.8 Å². The first-order valence-corrected chi connectivity index (χ1v) is 11.8. The maximum absolute atomic E-state index is 13.1. The van der Waals surface area contributed by atoms with E-state index in [1.54, 1.807) is 15.8 Å². The largest absolute Gasteiger partial charge is 0.388 e. The van der Waals surface area contributed by atoms with E-state index in [0.29, 0.717) is 43.7 Å². The van der Waals surface area contributed by atoms with E-state index in [1.807, 2.05) is 50.4 Å². The second-order valence-corrected chi connectivity index (χ2v) is 9.45. The van der Waals surface area contributed by atoms with Crippen LogP contribution in [0, 0.1) is 6.92 Å². The van der Waals surface area contributed by atoms with Gasteiger partial charge >= 0.3 is 0 Å². The number of carbonyl (C=O) groups excluding carboxylic acids is 1. The van der Waals surface area contributed by atoms with E-state index in [9.17, 15) is 14.7 Å². The first-order valence-electron chi connectivity index (χ1n) is 11.8. The third-order valence-corrected chi connectivity index (χ3v) is 6.79. The van der Waals surface area contributed by atoms with Crippen LogP contribution in [0.3, 0.4) is 0 Å². The molecule has 1 atom stereocenters. The van der Waals surface area contributed by atoms with E-state index in [1.165, 1.54) is 21.6 Å². The number of aryl methyl sites for hydroxylation is 1. The van der Waals surface area contributed by atoms with Crippen molar-refractivity contribution < 1.29 is 9.90 Å². The second kappa shape index (κ2) is 9.10. The van der Waals surface area contributed by atoms with E-state index in [4.69, 9.17) is 0 Å². The van der Waals surface area contributed by atoms with Gasteiger partial charge in [0.2, 0.25) is 5.91 Å². The Kier molecular flexibility index (Phi) is 5.98. The molecule has 5 rings (SSSR count). The molecule has 1 aromatic carbocycles. The smallest absolute Gasteiger partial charge is 0.279 e. The van der Waals surface area contributed by atoms with Crippen molar-refractivity contribution in [3.05, 3.63) is 71.2 Å². The van der Waals surface area contributed by atoms with Gasteiger partial charge in [-0.05, 0) is 32.8 Å².